The number of ether oxygens (including phenoxy) is 1. The molecular formula is C25H24FNO3. The van der Waals surface area contributed by atoms with E-state index in [0.29, 0.717) is 41.7 Å². The number of allylic oxidation sites excluding steroid dienone is 3. The van der Waals surface area contributed by atoms with Gasteiger partial charge in [-0.15, -0.1) is 0 Å². The highest BCUT2D eigenvalue weighted by Gasteiger charge is 2.40. The summed E-state index contributed by atoms with van der Waals surface area (Å²) in [5, 5.41) is 3.22. The van der Waals surface area contributed by atoms with Crippen molar-refractivity contribution in [2.24, 2.45) is 0 Å². The molecule has 1 atom stereocenters. The zero-order chi connectivity index (χ0) is 21.1. The van der Waals surface area contributed by atoms with Crippen molar-refractivity contribution in [2.45, 2.75) is 38.5 Å². The van der Waals surface area contributed by atoms with E-state index in [4.69, 9.17) is 4.74 Å². The maximum absolute atomic E-state index is 14.8. The van der Waals surface area contributed by atoms with Crippen LogP contribution >= 0.6 is 0 Å². The Kier molecular flexibility index (Phi) is 5.79. The van der Waals surface area contributed by atoms with Crippen LogP contribution in [0.2, 0.25) is 0 Å². The highest BCUT2D eigenvalue weighted by Crippen LogP contribution is 2.43. The quantitative estimate of drug-likeness (QED) is 0.740. The molecule has 0 fully saturated rings. The summed E-state index contributed by atoms with van der Waals surface area (Å²) in [5.41, 5.74) is 3.60. The van der Waals surface area contributed by atoms with Gasteiger partial charge in [0.2, 0.25) is 0 Å². The highest BCUT2D eigenvalue weighted by atomic mass is 19.1. The average Bonchev–Trinajstić information content (AvgIpc) is 2.74. The Morgan fingerprint density at radius 3 is 2.60 bits per heavy atom. The van der Waals surface area contributed by atoms with Gasteiger partial charge < -0.3 is 10.1 Å². The van der Waals surface area contributed by atoms with Crippen molar-refractivity contribution in [1.82, 2.24) is 5.32 Å². The van der Waals surface area contributed by atoms with Crippen molar-refractivity contribution >= 4 is 11.8 Å². The van der Waals surface area contributed by atoms with Crippen molar-refractivity contribution in [3.63, 3.8) is 0 Å². The highest BCUT2D eigenvalue weighted by molar-refractivity contribution is 6.03. The maximum Gasteiger partial charge on any atom is 0.336 e. The predicted octanol–water partition coefficient (Wildman–Crippen LogP) is 4.58. The largest absolute Gasteiger partial charge is 0.462 e. The molecule has 1 N–H and O–H groups in total. The third-order valence-electron chi connectivity index (χ3n) is 5.68. The average molecular weight is 405 g/mol. The number of Topliss-reactive ketones (excluding diaryl/α,β-unsaturated/α-hetero) is 1. The molecule has 4 rings (SSSR count). The fourth-order valence-corrected chi connectivity index (χ4v) is 4.26. The number of carbonyl (C=O) groups excluding carboxylic acids is 2. The molecule has 4 nitrogen and oxygen atoms in total. The fraction of sp³-hybridized carbons (Fsp3) is 0.280. The number of halogens is 1. The minimum atomic E-state index is -0.750. The molecule has 0 aromatic heterocycles. The first-order valence-corrected chi connectivity index (χ1v) is 10.3. The van der Waals surface area contributed by atoms with E-state index in [1.165, 1.54) is 6.07 Å². The topological polar surface area (TPSA) is 55.4 Å². The Labute approximate surface area is 175 Å². The smallest absolute Gasteiger partial charge is 0.336 e. The Morgan fingerprint density at radius 1 is 1.10 bits per heavy atom. The number of hydrogen-bond acceptors (Lipinski definition) is 4. The Bertz CT molecular complexity index is 1040. The maximum atomic E-state index is 14.8. The molecule has 0 radical (unpaired) electrons. The number of dihydropyridines is 1. The van der Waals surface area contributed by atoms with Crippen LogP contribution in [0.5, 0.6) is 0 Å². The molecule has 2 aromatic rings. The molecule has 30 heavy (non-hydrogen) atoms. The van der Waals surface area contributed by atoms with E-state index in [0.717, 1.165) is 17.7 Å². The molecular weight excluding hydrogens is 381 g/mol. The molecule has 0 spiro atoms. The standard InChI is InChI=1S/C25H24FNO3/c1-16-22(25(29)30-15-14-17-8-3-2-4-9-17)23(18-10-5-6-11-19(18)26)24-20(27-16)12-7-13-21(24)28/h2-6,8-11,23,27H,7,12-15H2,1H3. The van der Waals surface area contributed by atoms with Gasteiger partial charge in [-0.05, 0) is 31.4 Å². The van der Waals surface area contributed by atoms with Crippen molar-refractivity contribution in [3.05, 3.63) is 94.1 Å². The van der Waals surface area contributed by atoms with Crippen LogP contribution in [0.1, 0.15) is 43.2 Å². The van der Waals surface area contributed by atoms with Gasteiger partial charge in [0, 0.05) is 35.4 Å². The summed E-state index contributed by atoms with van der Waals surface area (Å²) in [5.74, 6) is -1.75. The molecule has 1 aliphatic heterocycles. The van der Waals surface area contributed by atoms with Gasteiger partial charge in [-0.2, -0.15) is 0 Å². The van der Waals surface area contributed by atoms with Crippen LogP contribution in [0.25, 0.3) is 0 Å². The molecule has 2 aliphatic rings. The molecule has 0 bridgehead atoms. The van der Waals surface area contributed by atoms with Crippen molar-refractivity contribution in [2.75, 3.05) is 6.61 Å². The fourth-order valence-electron chi connectivity index (χ4n) is 4.26. The number of carbonyl (C=O) groups is 2. The summed E-state index contributed by atoms with van der Waals surface area (Å²) in [7, 11) is 0. The number of benzene rings is 2. The summed E-state index contributed by atoms with van der Waals surface area (Å²) in [6, 6.07) is 16.1. The Hall–Kier alpha value is -3.21. The summed E-state index contributed by atoms with van der Waals surface area (Å²) < 4.78 is 20.3. The van der Waals surface area contributed by atoms with Crippen LogP contribution in [0, 0.1) is 5.82 Å². The molecule has 1 heterocycles. The first kappa shape index (κ1) is 20.1. The van der Waals surface area contributed by atoms with Crippen molar-refractivity contribution in [3.8, 4) is 0 Å². The SMILES string of the molecule is CC1=C(C(=O)OCCc2ccccc2)C(c2ccccc2F)C2=C(CCCC2=O)N1. The number of hydrogen-bond donors (Lipinski definition) is 1. The van der Waals surface area contributed by atoms with E-state index < -0.39 is 17.7 Å². The number of nitrogens with one attached hydrogen (secondary N) is 1. The number of rotatable bonds is 5. The van der Waals surface area contributed by atoms with E-state index in [-0.39, 0.29) is 12.4 Å². The van der Waals surface area contributed by atoms with Gasteiger partial charge in [0.15, 0.2) is 5.78 Å². The van der Waals surface area contributed by atoms with Gasteiger partial charge in [0.25, 0.3) is 0 Å². The molecule has 2 aromatic carbocycles. The number of ketones is 1. The Balaban J connectivity index is 1.65. The summed E-state index contributed by atoms with van der Waals surface area (Å²) in [6.07, 6.45) is 2.45. The zero-order valence-corrected chi connectivity index (χ0v) is 16.9. The molecule has 0 saturated carbocycles. The zero-order valence-electron chi connectivity index (χ0n) is 16.9. The van der Waals surface area contributed by atoms with Crippen LogP contribution in [-0.4, -0.2) is 18.4 Å². The molecule has 154 valence electrons. The second kappa shape index (κ2) is 8.66. The summed E-state index contributed by atoms with van der Waals surface area (Å²) >= 11 is 0. The minimum Gasteiger partial charge on any atom is -0.462 e. The van der Waals surface area contributed by atoms with Gasteiger partial charge in [-0.1, -0.05) is 48.5 Å². The predicted molar refractivity (Wildman–Crippen MR) is 112 cm³/mol. The normalized spacial score (nSPS) is 18.7. The van der Waals surface area contributed by atoms with Crippen molar-refractivity contribution < 1.29 is 18.7 Å². The molecule has 5 heteroatoms. The van der Waals surface area contributed by atoms with Crippen molar-refractivity contribution in [1.29, 1.82) is 0 Å². The van der Waals surface area contributed by atoms with Crippen LogP contribution in [0.3, 0.4) is 0 Å². The molecule has 0 saturated heterocycles. The van der Waals surface area contributed by atoms with Gasteiger partial charge in [-0.3, -0.25) is 4.79 Å². The van der Waals surface area contributed by atoms with E-state index in [2.05, 4.69) is 5.32 Å². The lowest BCUT2D eigenvalue weighted by Crippen LogP contribution is -2.34. The van der Waals surface area contributed by atoms with E-state index in [1.54, 1.807) is 25.1 Å². The van der Waals surface area contributed by atoms with E-state index in [9.17, 15) is 14.0 Å². The second-order valence-corrected chi connectivity index (χ2v) is 7.66. The van der Waals surface area contributed by atoms with Crippen LogP contribution < -0.4 is 5.32 Å². The third-order valence-corrected chi connectivity index (χ3v) is 5.68. The lowest BCUT2D eigenvalue weighted by atomic mass is 9.75. The monoisotopic (exact) mass is 405 g/mol. The van der Waals surface area contributed by atoms with Gasteiger partial charge in [0.1, 0.15) is 5.82 Å². The van der Waals surface area contributed by atoms with Crippen LogP contribution in [-0.2, 0) is 20.7 Å². The number of esters is 1. The summed E-state index contributed by atoms with van der Waals surface area (Å²) in [6.45, 7) is 1.99. The van der Waals surface area contributed by atoms with E-state index in [1.807, 2.05) is 30.3 Å². The molecule has 1 unspecified atom stereocenters. The van der Waals surface area contributed by atoms with Gasteiger partial charge in [0.05, 0.1) is 18.1 Å². The molecule has 0 amide bonds. The van der Waals surface area contributed by atoms with Crippen LogP contribution in [0.15, 0.2) is 77.1 Å². The molecule has 1 aliphatic carbocycles. The summed E-state index contributed by atoms with van der Waals surface area (Å²) in [4.78, 5) is 25.9. The second-order valence-electron chi connectivity index (χ2n) is 7.66. The Morgan fingerprint density at radius 2 is 1.83 bits per heavy atom. The van der Waals surface area contributed by atoms with Gasteiger partial charge >= 0.3 is 5.97 Å². The lowest BCUT2D eigenvalue weighted by molar-refractivity contribution is -0.139. The third kappa shape index (κ3) is 3.92. The first-order chi connectivity index (χ1) is 14.6. The van der Waals surface area contributed by atoms with Crippen LogP contribution in [0.4, 0.5) is 4.39 Å². The lowest BCUT2D eigenvalue weighted by Gasteiger charge is -2.34. The minimum absolute atomic E-state index is 0.0425. The first-order valence-electron chi connectivity index (χ1n) is 10.3. The van der Waals surface area contributed by atoms with E-state index >= 15 is 0 Å². The van der Waals surface area contributed by atoms with Gasteiger partial charge in [-0.25, -0.2) is 9.18 Å².